The van der Waals surface area contributed by atoms with Gasteiger partial charge in [-0.1, -0.05) is 32.1 Å². The predicted molar refractivity (Wildman–Crippen MR) is 65.1 cm³/mol. The van der Waals surface area contributed by atoms with Crippen LogP contribution >= 0.6 is 12.6 Å². The summed E-state index contributed by atoms with van der Waals surface area (Å²) in [6, 6.07) is 0. The van der Waals surface area contributed by atoms with Crippen molar-refractivity contribution in [3.05, 3.63) is 0 Å². The van der Waals surface area contributed by atoms with Crippen molar-refractivity contribution in [3.8, 4) is 0 Å². The van der Waals surface area contributed by atoms with E-state index in [-0.39, 0.29) is 0 Å². The first-order chi connectivity index (χ1) is 6.93. The van der Waals surface area contributed by atoms with Crippen LogP contribution in [0.15, 0.2) is 0 Å². The second-order valence-corrected chi connectivity index (χ2v) is 4.78. The molecule has 0 N–H and O–H groups in total. The van der Waals surface area contributed by atoms with Gasteiger partial charge in [0.05, 0.1) is 0 Å². The molecule has 2 heteroatoms. The number of rotatable bonds is 9. The van der Waals surface area contributed by atoms with Crippen molar-refractivity contribution in [1.29, 1.82) is 0 Å². The minimum atomic E-state index is 0.972. The summed E-state index contributed by atoms with van der Waals surface area (Å²) >= 11 is 4.19. The van der Waals surface area contributed by atoms with E-state index in [4.69, 9.17) is 4.74 Å². The molecular weight excluding hydrogens is 192 g/mol. The maximum Gasteiger partial charge on any atom is 0.0468 e. The maximum absolute atomic E-state index is 5.60. The van der Waals surface area contributed by atoms with E-state index in [1.165, 1.54) is 51.4 Å². The van der Waals surface area contributed by atoms with E-state index in [0.29, 0.717) is 0 Å². The molecule has 84 valence electrons. The summed E-state index contributed by atoms with van der Waals surface area (Å²) in [5.74, 6) is 2.03. The first-order valence-corrected chi connectivity index (χ1v) is 6.75. The summed E-state index contributed by atoms with van der Waals surface area (Å²) in [5, 5.41) is 0. The van der Waals surface area contributed by atoms with Crippen LogP contribution in [0.2, 0.25) is 0 Å². The van der Waals surface area contributed by atoms with E-state index in [1.54, 1.807) is 0 Å². The normalized spacial score (nSPS) is 16.9. The van der Waals surface area contributed by atoms with Crippen LogP contribution in [0.5, 0.6) is 0 Å². The Bertz CT molecular complexity index is 123. The van der Waals surface area contributed by atoms with E-state index >= 15 is 0 Å². The van der Waals surface area contributed by atoms with Crippen LogP contribution in [0.1, 0.15) is 51.4 Å². The van der Waals surface area contributed by atoms with Gasteiger partial charge in [0.15, 0.2) is 0 Å². The lowest BCUT2D eigenvalue weighted by Gasteiger charge is -2.24. The van der Waals surface area contributed by atoms with Gasteiger partial charge in [0.1, 0.15) is 0 Å². The molecule has 0 spiro atoms. The fourth-order valence-electron chi connectivity index (χ4n) is 1.80. The van der Waals surface area contributed by atoms with E-state index in [2.05, 4.69) is 12.6 Å². The lowest BCUT2D eigenvalue weighted by molar-refractivity contribution is 0.103. The lowest BCUT2D eigenvalue weighted by Crippen LogP contribution is -2.13. The molecule has 1 nitrogen and oxygen atoms in total. The summed E-state index contributed by atoms with van der Waals surface area (Å²) in [4.78, 5) is 0. The molecule has 14 heavy (non-hydrogen) atoms. The zero-order valence-electron chi connectivity index (χ0n) is 9.21. The molecule has 1 fully saturated rings. The minimum absolute atomic E-state index is 0.972. The van der Waals surface area contributed by atoms with Crippen LogP contribution in [0, 0.1) is 5.92 Å². The standard InChI is InChI=1S/C12H24OS/c14-11-4-2-1-3-9-13-10-8-12-6-5-7-12/h12,14H,1-11H2. The first-order valence-electron chi connectivity index (χ1n) is 6.12. The average molecular weight is 216 g/mol. The van der Waals surface area contributed by atoms with Gasteiger partial charge >= 0.3 is 0 Å². The number of hydrogen-bond donors (Lipinski definition) is 1. The lowest BCUT2D eigenvalue weighted by atomic mass is 9.83. The summed E-state index contributed by atoms with van der Waals surface area (Å²) < 4.78 is 5.60. The molecular formula is C12H24OS. The molecule has 0 atom stereocenters. The molecule has 0 heterocycles. The molecule has 1 rings (SSSR count). The fraction of sp³-hybridized carbons (Fsp3) is 1.00. The third-order valence-electron chi connectivity index (χ3n) is 3.09. The van der Waals surface area contributed by atoms with Gasteiger partial charge in [-0.15, -0.1) is 0 Å². The van der Waals surface area contributed by atoms with Crippen LogP contribution in [0.25, 0.3) is 0 Å². The fourth-order valence-corrected chi connectivity index (χ4v) is 2.03. The highest BCUT2D eigenvalue weighted by atomic mass is 32.1. The van der Waals surface area contributed by atoms with Crippen molar-refractivity contribution < 1.29 is 4.74 Å². The van der Waals surface area contributed by atoms with E-state index in [9.17, 15) is 0 Å². The highest BCUT2D eigenvalue weighted by molar-refractivity contribution is 7.80. The van der Waals surface area contributed by atoms with Crippen molar-refractivity contribution >= 4 is 12.6 Å². The Morgan fingerprint density at radius 2 is 1.79 bits per heavy atom. The second kappa shape index (κ2) is 8.60. The van der Waals surface area contributed by atoms with E-state index in [1.807, 2.05) is 0 Å². The van der Waals surface area contributed by atoms with Crippen LogP contribution < -0.4 is 0 Å². The molecule has 0 unspecified atom stereocenters. The Balaban J connectivity index is 1.67. The summed E-state index contributed by atoms with van der Waals surface area (Å²) in [6.07, 6.45) is 10.8. The maximum atomic E-state index is 5.60. The van der Waals surface area contributed by atoms with Crippen LogP contribution in [0.4, 0.5) is 0 Å². The molecule has 0 amide bonds. The van der Waals surface area contributed by atoms with Crippen LogP contribution in [0.3, 0.4) is 0 Å². The van der Waals surface area contributed by atoms with Gasteiger partial charge in [-0.25, -0.2) is 0 Å². The Morgan fingerprint density at radius 1 is 1.00 bits per heavy atom. The number of unbranched alkanes of at least 4 members (excludes halogenated alkanes) is 3. The van der Waals surface area contributed by atoms with Gasteiger partial charge in [0.2, 0.25) is 0 Å². The molecule has 0 aromatic heterocycles. The number of hydrogen-bond acceptors (Lipinski definition) is 2. The Labute approximate surface area is 94.0 Å². The predicted octanol–water partition coefficient (Wildman–Crippen LogP) is 3.68. The molecule has 0 aliphatic heterocycles. The summed E-state index contributed by atoms with van der Waals surface area (Å²) in [7, 11) is 0. The highest BCUT2D eigenvalue weighted by Gasteiger charge is 2.16. The number of thiol groups is 1. The van der Waals surface area contributed by atoms with Crippen molar-refractivity contribution in [2.75, 3.05) is 19.0 Å². The van der Waals surface area contributed by atoms with Crippen molar-refractivity contribution in [2.24, 2.45) is 5.92 Å². The average Bonchev–Trinajstić information content (AvgIpc) is 2.13. The molecule has 0 aromatic carbocycles. The van der Waals surface area contributed by atoms with Gasteiger partial charge in [0, 0.05) is 13.2 Å². The molecule has 0 bridgehead atoms. The van der Waals surface area contributed by atoms with Gasteiger partial charge in [-0.05, 0) is 30.9 Å². The minimum Gasteiger partial charge on any atom is -0.381 e. The Morgan fingerprint density at radius 3 is 2.43 bits per heavy atom. The smallest absolute Gasteiger partial charge is 0.0468 e. The van der Waals surface area contributed by atoms with Gasteiger partial charge in [-0.3, -0.25) is 0 Å². The van der Waals surface area contributed by atoms with Crippen molar-refractivity contribution in [2.45, 2.75) is 51.4 Å². The third kappa shape index (κ3) is 5.92. The second-order valence-electron chi connectivity index (χ2n) is 4.34. The quantitative estimate of drug-likeness (QED) is 0.457. The first kappa shape index (κ1) is 12.4. The molecule has 1 aliphatic carbocycles. The largest absolute Gasteiger partial charge is 0.381 e. The van der Waals surface area contributed by atoms with Crippen molar-refractivity contribution in [1.82, 2.24) is 0 Å². The third-order valence-corrected chi connectivity index (χ3v) is 3.41. The molecule has 0 saturated heterocycles. The molecule has 0 aromatic rings. The van der Waals surface area contributed by atoms with Gasteiger partial charge < -0.3 is 4.74 Å². The van der Waals surface area contributed by atoms with Crippen LogP contribution in [-0.4, -0.2) is 19.0 Å². The molecule has 0 radical (unpaired) electrons. The Kier molecular flexibility index (Phi) is 7.61. The Hall–Kier alpha value is 0.310. The van der Waals surface area contributed by atoms with Crippen LogP contribution in [-0.2, 0) is 4.74 Å². The summed E-state index contributed by atoms with van der Waals surface area (Å²) in [5.41, 5.74) is 0. The molecule has 1 saturated carbocycles. The van der Waals surface area contributed by atoms with E-state index < -0.39 is 0 Å². The van der Waals surface area contributed by atoms with Crippen molar-refractivity contribution in [3.63, 3.8) is 0 Å². The van der Waals surface area contributed by atoms with Gasteiger partial charge in [-0.2, -0.15) is 12.6 Å². The number of ether oxygens (including phenoxy) is 1. The highest BCUT2D eigenvalue weighted by Crippen LogP contribution is 2.29. The SMILES string of the molecule is SCCCCCCOCCC1CCC1. The van der Waals surface area contributed by atoms with Gasteiger partial charge in [0.25, 0.3) is 0 Å². The summed E-state index contributed by atoms with van der Waals surface area (Å²) in [6.45, 7) is 1.97. The topological polar surface area (TPSA) is 9.23 Å². The zero-order valence-corrected chi connectivity index (χ0v) is 10.1. The molecule has 1 aliphatic rings. The zero-order chi connectivity index (χ0) is 10.1. The van der Waals surface area contributed by atoms with E-state index in [0.717, 1.165) is 24.9 Å². The monoisotopic (exact) mass is 216 g/mol.